The molecule has 1 heterocycles. The molecule has 0 aliphatic carbocycles. The molecule has 2 aromatic carbocycles. The lowest BCUT2D eigenvalue weighted by Gasteiger charge is -2.34. The monoisotopic (exact) mass is 336 g/mol. The summed E-state index contributed by atoms with van der Waals surface area (Å²) < 4.78 is 45.2. The normalized spacial score (nSPS) is 17.3. The Balaban J connectivity index is 2.10. The fraction of sp³-hybridized carbons (Fsp3) is 0.133. The smallest absolute Gasteiger partial charge is 0.264 e. The third-order valence-electron chi connectivity index (χ3n) is 3.45. The van der Waals surface area contributed by atoms with Gasteiger partial charge in [-0.3, -0.25) is 9.10 Å². The number of hydrogen-bond acceptors (Lipinski definition) is 4. The van der Waals surface area contributed by atoms with Crippen LogP contribution in [0, 0.1) is 5.82 Å². The number of hydrogen-bond donors (Lipinski definition) is 1. The Kier molecular flexibility index (Phi) is 3.69. The van der Waals surface area contributed by atoms with Gasteiger partial charge in [0.05, 0.1) is 17.1 Å². The number of sulfonamides is 1. The number of nitrogens with zero attached hydrogens (tertiary/aromatic N) is 1. The number of halogens is 1. The molecule has 8 heteroatoms. The van der Waals surface area contributed by atoms with Gasteiger partial charge in [0.15, 0.2) is 6.10 Å². The van der Waals surface area contributed by atoms with Gasteiger partial charge >= 0.3 is 0 Å². The number of fused-ring (bicyclic) bond motifs is 1. The highest BCUT2D eigenvalue weighted by Gasteiger charge is 2.36. The number of ether oxygens (including phenoxy) is 1. The summed E-state index contributed by atoms with van der Waals surface area (Å²) in [5.74, 6) is -1.06. The lowest BCUT2D eigenvalue weighted by atomic mass is 10.2. The van der Waals surface area contributed by atoms with Crippen molar-refractivity contribution in [1.29, 1.82) is 0 Å². The number of anilines is 1. The summed E-state index contributed by atoms with van der Waals surface area (Å²) in [5, 5.41) is 0. The van der Waals surface area contributed by atoms with E-state index in [9.17, 15) is 17.6 Å². The molecule has 6 nitrogen and oxygen atoms in total. The summed E-state index contributed by atoms with van der Waals surface area (Å²) >= 11 is 0. The number of primary amides is 1. The average molecular weight is 336 g/mol. The molecule has 3 rings (SSSR count). The van der Waals surface area contributed by atoms with E-state index >= 15 is 0 Å². The lowest BCUT2D eigenvalue weighted by molar-refractivity contribution is -0.124. The van der Waals surface area contributed by atoms with Crippen LogP contribution in [-0.4, -0.2) is 27.0 Å². The number of carbonyl (C=O) groups excluding carboxylic acids is 1. The molecule has 1 atom stereocenters. The van der Waals surface area contributed by atoms with Crippen LogP contribution in [0.5, 0.6) is 5.75 Å². The summed E-state index contributed by atoms with van der Waals surface area (Å²) in [7, 11) is -3.98. The van der Waals surface area contributed by atoms with Gasteiger partial charge in [-0.05, 0) is 36.4 Å². The quantitative estimate of drug-likeness (QED) is 0.914. The summed E-state index contributed by atoms with van der Waals surface area (Å²) in [4.78, 5) is 11.4. The molecule has 1 aliphatic heterocycles. The van der Waals surface area contributed by atoms with Crippen molar-refractivity contribution < 1.29 is 22.3 Å². The van der Waals surface area contributed by atoms with E-state index < -0.39 is 27.9 Å². The van der Waals surface area contributed by atoms with Crippen molar-refractivity contribution in [3.8, 4) is 5.75 Å². The van der Waals surface area contributed by atoms with Crippen LogP contribution in [-0.2, 0) is 14.8 Å². The van der Waals surface area contributed by atoms with E-state index in [2.05, 4.69) is 0 Å². The van der Waals surface area contributed by atoms with Gasteiger partial charge in [0, 0.05) is 0 Å². The summed E-state index contributed by atoms with van der Waals surface area (Å²) in [5.41, 5.74) is 5.55. The molecule has 2 N–H and O–H groups in total. The van der Waals surface area contributed by atoms with Crippen molar-refractivity contribution in [2.24, 2.45) is 5.73 Å². The van der Waals surface area contributed by atoms with Gasteiger partial charge in [-0.25, -0.2) is 12.8 Å². The third kappa shape index (κ3) is 2.72. The molecular weight excluding hydrogens is 323 g/mol. The van der Waals surface area contributed by atoms with E-state index in [0.29, 0.717) is 5.69 Å². The number of benzene rings is 2. The molecule has 23 heavy (non-hydrogen) atoms. The zero-order valence-electron chi connectivity index (χ0n) is 11.8. The number of nitrogens with two attached hydrogens (primary N) is 1. The van der Waals surface area contributed by atoms with Crippen molar-refractivity contribution in [3.05, 3.63) is 54.3 Å². The van der Waals surface area contributed by atoms with E-state index in [4.69, 9.17) is 10.5 Å². The first-order chi connectivity index (χ1) is 10.9. The maximum atomic E-state index is 13.0. The SMILES string of the molecule is NC(=O)C1CN(S(=O)(=O)c2ccc(F)cc2)c2ccccc2O1. The first kappa shape index (κ1) is 15.3. The van der Waals surface area contributed by atoms with Crippen LogP contribution >= 0.6 is 0 Å². The third-order valence-corrected chi connectivity index (χ3v) is 5.25. The molecule has 0 radical (unpaired) electrons. The Hall–Kier alpha value is -2.61. The Morgan fingerprint density at radius 1 is 1.17 bits per heavy atom. The van der Waals surface area contributed by atoms with Crippen LogP contribution in [0.1, 0.15) is 0 Å². The van der Waals surface area contributed by atoms with Crippen molar-refractivity contribution >= 4 is 21.6 Å². The maximum Gasteiger partial charge on any atom is 0.264 e. The van der Waals surface area contributed by atoms with Crippen LogP contribution in [0.3, 0.4) is 0 Å². The second-order valence-electron chi connectivity index (χ2n) is 4.97. The largest absolute Gasteiger partial charge is 0.476 e. The van der Waals surface area contributed by atoms with Crippen LogP contribution in [0.2, 0.25) is 0 Å². The molecule has 0 spiro atoms. The van der Waals surface area contributed by atoms with Crippen LogP contribution in [0.4, 0.5) is 10.1 Å². The highest BCUT2D eigenvalue weighted by Crippen LogP contribution is 2.36. The summed E-state index contributed by atoms with van der Waals surface area (Å²) in [6.07, 6.45) is -1.10. The van der Waals surface area contributed by atoms with Crippen LogP contribution < -0.4 is 14.8 Å². The van der Waals surface area contributed by atoms with Gasteiger partial charge < -0.3 is 10.5 Å². The Labute approximate surface area is 132 Å². The van der Waals surface area contributed by atoms with Gasteiger partial charge in [0.2, 0.25) is 0 Å². The topological polar surface area (TPSA) is 89.7 Å². The fourth-order valence-electron chi connectivity index (χ4n) is 2.31. The van der Waals surface area contributed by atoms with Crippen LogP contribution in [0.25, 0.3) is 0 Å². The van der Waals surface area contributed by atoms with Crippen molar-refractivity contribution in [2.75, 3.05) is 10.8 Å². The van der Waals surface area contributed by atoms with Crippen molar-refractivity contribution in [2.45, 2.75) is 11.0 Å². The maximum absolute atomic E-state index is 13.0. The van der Waals surface area contributed by atoms with Gasteiger partial charge in [-0.15, -0.1) is 0 Å². The lowest BCUT2D eigenvalue weighted by Crippen LogP contribution is -2.49. The minimum Gasteiger partial charge on any atom is -0.476 e. The standard InChI is InChI=1S/C15H13FN2O4S/c16-10-5-7-11(8-6-10)23(20,21)18-9-14(15(17)19)22-13-4-2-1-3-12(13)18/h1-8,14H,9H2,(H2,17,19). The zero-order chi connectivity index (χ0) is 16.6. The highest BCUT2D eigenvalue weighted by molar-refractivity contribution is 7.92. The summed E-state index contributed by atoms with van der Waals surface area (Å²) in [6, 6.07) is 10.9. The minimum absolute atomic E-state index is 0.0844. The average Bonchev–Trinajstić information content (AvgIpc) is 2.54. The van der Waals surface area contributed by atoms with E-state index in [-0.39, 0.29) is 17.2 Å². The number of para-hydroxylation sites is 2. The molecule has 0 bridgehead atoms. The van der Waals surface area contributed by atoms with Crippen LogP contribution in [0.15, 0.2) is 53.4 Å². The van der Waals surface area contributed by atoms with E-state index in [0.717, 1.165) is 16.4 Å². The molecular formula is C15H13FN2O4S. The first-order valence-corrected chi connectivity index (χ1v) is 8.17. The molecule has 120 valence electrons. The fourth-order valence-corrected chi connectivity index (χ4v) is 3.79. The van der Waals surface area contributed by atoms with Gasteiger partial charge in [0.1, 0.15) is 11.6 Å². The van der Waals surface area contributed by atoms with Crippen molar-refractivity contribution in [3.63, 3.8) is 0 Å². The van der Waals surface area contributed by atoms with Crippen molar-refractivity contribution in [1.82, 2.24) is 0 Å². The van der Waals surface area contributed by atoms with Gasteiger partial charge in [-0.1, -0.05) is 12.1 Å². The second-order valence-corrected chi connectivity index (χ2v) is 6.83. The molecule has 0 aromatic heterocycles. The predicted molar refractivity (Wildman–Crippen MR) is 81.0 cm³/mol. The Bertz CT molecular complexity index is 852. The molecule has 1 unspecified atom stereocenters. The van der Waals surface area contributed by atoms with E-state index in [1.807, 2.05) is 0 Å². The molecule has 2 aromatic rings. The molecule has 1 aliphatic rings. The van der Waals surface area contributed by atoms with Gasteiger partial charge in [0.25, 0.3) is 15.9 Å². The van der Waals surface area contributed by atoms with Gasteiger partial charge in [-0.2, -0.15) is 0 Å². The minimum atomic E-state index is -3.98. The molecule has 0 saturated heterocycles. The first-order valence-electron chi connectivity index (χ1n) is 6.73. The van der Waals surface area contributed by atoms with E-state index in [1.54, 1.807) is 24.3 Å². The number of rotatable bonds is 3. The number of amides is 1. The second kappa shape index (κ2) is 5.54. The predicted octanol–water partition coefficient (Wildman–Crippen LogP) is 1.27. The summed E-state index contributed by atoms with van der Waals surface area (Å²) in [6.45, 7) is -0.244. The molecule has 0 saturated carbocycles. The zero-order valence-corrected chi connectivity index (χ0v) is 12.7. The molecule has 1 amide bonds. The molecule has 0 fully saturated rings. The highest BCUT2D eigenvalue weighted by atomic mass is 32.2. The Morgan fingerprint density at radius 3 is 2.48 bits per heavy atom. The van der Waals surface area contributed by atoms with E-state index in [1.165, 1.54) is 12.1 Å². The Morgan fingerprint density at radius 2 is 1.83 bits per heavy atom. The number of carbonyl (C=O) groups is 1.